The Morgan fingerprint density at radius 1 is 1.45 bits per heavy atom. The predicted molar refractivity (Wildman–Crippen MR) is 72.8 cm³/mol. The predicted octanol–water partition coefficient (Wildman–Crippen LogP) is -0.0231. The van der Waals surface area contributed by atoms with Crippen molar-refractivity contribution in [2.75, 3.05) is 27.2 Å². The number of sulfonamides is 1. The monoisotopic (exact) mass is 303 g/mol. The van der Waals surface area contributed by atoms with E-state index in [-0.39, 0.29) is 23.2 Å². The molecule has 0 saturated carbocycles. The van der Waals surface area contributed by atoms with E-state index < -0.39 is 16.1 Å². The van der Waals surface area contributed by atoms with Crippen molar-refractivity contribution < 1.29 is 18.0 Å². The minimum atomic E-state index is -3.69. The average Bonchev–Trinajstić information content (AvgIpc) is 2.82. The summed E-state index contributed by atoms with van der Waals surface area (Å²) in [6.07, 6.45) is -0.184. The second-order valence-electron chi connectivity index (χ2n) is 5.53. The first kappa shape index (κ1) is 15.4. The van der Waals surface area contributed by atoms with Crippen LogP contribution in [-0.4, -0.2) is 67.2 Å². The maximum atomic E-state index is 12.8. The Kier molecular flexibility index (Phi) is 4.19. The molecule has 1 saturated heterocycles. The van der Waals surface area contributed by atoms with Gasteiger partial charge in [0.05, 0.1) is 6.10 Å². The summed E-state index contributed by atoms with van der Waals surface area (Å²) in [5.41, 5.74) is 0.354. The van der Waals surface area contributed by atoms with Crippen LogP contribution in [0.5, 0.6) is 0 Å². The zero-order chi connectivity index (χ0) is 15.1. The Balaban J connectivity index is 2.37. The van der Waals surface area contributed by atoms with E-state index in [0.717, 1.165) is 0 Å². The molecule has 2 heterocycles. The fraction of sp³-hybridized carbons (Fsp3) is 0.750. The highest BCUT2D eigenvalue weighted by molar-refractivity contribution is 7.89. The van der Waals surface area contributed by atoms with Gasteiger partial charge in [-0.05, 0) is 34.4 Å². The normalized spacial score (nSPS) is 24.7. The van der Waals surface area contributed by atoms with Gasteiger partial charge in [0.1, 0.15) is 10.6 Å². The number of aryl methyl sites for hydroxylation is 2. The molecular weight excluding hydrogens is 282 g/mol. The van der Waals surface area contributed by atoms with Gasteiger partial charge in [-0.25, -0.2) is 8.42 Å². The first-order valence-corrected chi connectivity index (χ1v) is 7.95. The van der Waals surface area contributed by atoms with Crippen LogP contribution in [0, 0.1) is 13.8 Å². The summed E-state index contributed by atoms with van der Waals surface area (Å²) in [5.74, 6) is 0.285. The molecule has 1 aromatic rings. The third-order valence-corrected chi connectivity index (χ3v) is 5.62. The van der Waals surface area contributed by atoms with E-state index in [0.29, 0.717) is 18.7 Å². The van der Waals surface area contributed by atoms with Gasteiger partial charge in [-0.15, -0.1) is 0 Å². The number of aliphatic hydroxyl groups excluding tert-OH is 1. The highest BCUT2D eigenvalue weighted by Gasteiger charge is 2.42. The fourth-order valence-corrected chi connectivity index (χ4v) is 4.66. The summed E-state index contributed by atoms with van der Waals surface area (Å²) in [6.45, 7) is 3.88. The van der Waals surface area contributed by atoms with Crippen LogP contribution in [0.3, 0.4) is 0 Å². The van der Waals surface area contributed by atoms with Crippen LogP contribution >= 0.6 is 0 Å². The van der Waals surface area contributed by atoms with Gasteiger partial charge in [0.15, 0.2) is 5.76 Å². The molecule has 7 nitrogen and oxygen atoms in total. The van der Waals surface area contributed by atoms with Gasteiger partial charge in [0.25, 0.3) is 0 Å². The van der Waals surface area contributed by atoms with Gasteiger partial charge >= 0.3 is 0 Å². The summed E-state index contributed by atoms with van der Waals surface area (Å²) >= 11 is 0. The number of aliphatic hydroxyl groups is 1. The van der Waals surface area contributed by atoms with Crippen molar-refractivity contribution in [1.82, 2.24) is 14.4 Å². The van der Waals surface area contributed by atoms with E-state index >= 15 is 0 Å². The molecule has 1 fully saturated rings. The first-order valence-electron chi connectivity index (χ1n) is 6.51. The van der Waals surface area contributed by atoms with Gasteiger partial charge in [-0.1, -0.05) is 5.16 Å². The van der Waals surface area contributed by atoms with E-state index in [1.54, 1.807) is 13.8 Å². The molecule has 20 heavy (non-hydrogen) atoms. The highest BCUT2D eigenvalue weighted by Crippen LogP contribution is 2.30. The maximum absolute atomic E-state index is 12.8. The summed E-state index contributed by atoms with van der Waals surface area (Å²) < 4.78 is 31.9. The molecule has 2 unspecified atom stereocenters. The molecule has 2 atom stereocenters. The van der Waals surface area contributed by atoms with Crippen LogP contribution in [0.2, 0.25) is 0 Å². The molecule has 1 aromatic heterocycles. The third-order valence-electron chi connectivity index (χ3n) is 3.45. The SMILES string of the molecule is Cc1noc(C)c1S(=O)(=O)N1CC(O)CC1CN(C)C. The molecule has 2 rings (SSSR count). The molecule has 0 aromatic carbocycles. The summed E-state index contributed by atoms with van der Waals surface area (Å²) in [5, 5.41) is 13.5. The Labute approximate surface area is 119 Å². The molecule has 114 valence electrons. The summed E-state index contributed by atoms with van der Waals surface area (Å²) in [6, 6.07) is -0.237. The van der Waals surface area contributed by atoms with Crippen molar-refractivity contribution in [3.05, 3.63) is 11.5 Å². The third kappa shape index (κ3) is 2.73. The van der Waals surface area contributed by atoms with E-state index in [2.05, 4.69) is 5.16 Å². The van der Waals surface area contributed by atoms with Crippen molar-refractivity contribution in [3.63, 3.8) is 0 Å². The lowest BCUT2D eigenvalue weighted by atomic mass is 10.2. The lowest BCUT2D eigenvalue weighted by Crippen LogP contribution is -2.41. The maximum Gasteiger partial charge on any atom is 0.248 e. The van der Waals surface area contributed by atoms with Crippen LogP contribution in [-0.2, 0) is 10.0 Å². The number of rotatable bonds is 4. The minimum Gasteiger partial charge on any atom is -0.392 e. The molecule has 0 amide bonds. The van der Waals surface area contributed by atoms with Crippen molar-refractivity contribution in [2.24, 2.45) is 0 Å². The van der Waals surface area contributed by atoms with Crippen LogP contribution in [0.25, 0.3) is 0 Å². The van der Waals surface area contributed by atoms with Crippen molar-refractivity contribution in [3.8, 4) is 0 Å². The lowest BCUT2D eigenvalue weighted by molar-refractivity contribution is 0.188. The smallest absolute Gasteiger partial charge is 0.248 e. The Morgan fingerprint density at radius 2 is 2.10 bits per heavy atom. The molecule has 0 aliphatic carbocycles. The van der Waals surface area contributed by atoms with Crippen molar-refractivity contribution >= 4 is 10.0 Å². The first-order chi connectivity index (χ1) is 9.23. The zero-order valence-electron chi connectivity index (χ0n) is 12.2. The minimum absolute atomic E-state index is 0.116. The Hall–Kier alpha value is -0.960. The van der Waals surface area contributed by atoms with Crippen LogP contribution in [0.15, 0.2) is 9.42 Å². The van der Waals surface area contributed by atoms with E-state index in [4.69, 9.17) is 4.52 Å². The van der Waals surface area contributed by atoms with Gasteiger partial charge < -0.3 is 14.5 Å². The van der Waals surface area contributed by atoms with Gasteiger partial charge in [0, 0.05) is 19.1 Å². The van der Waals surface area contributed by atoms with E-state index in [9.17, 15) is 13.5 Å². The molecule has 1 aliphatic rings. The van der Waals surface area contributed by atoms with Gasteiger partial charge in [0.2, 0.25) is 10.0 Å². The number of nitrogens with zero attached hydrogens (tertiary/aromatic N) is 3. The van der Waals surface area contributed by atoms with Crippen molar-refractivity contribution in [2.45, 2.75) is 37.3 Å². The standard InChI is InChI=1S/C12H21N3O4S/c1-8-12(9(2)19-13-8)20(17,18)15-7-11(16)5-10(15)6-14(3)4/h10-11,16H,5-7H2,1-4H3. The number of hydrogen-bond donors (Lipinski definition) is 1. The Bertz CT molecular complexity index is 562. The van der Waals surface area contributed by atoms with E-state index in [1.807, 2.05) is 19.0 Å². The second-order valence-corrected chi connectivity index (χ2v) is 7.36. The molecular formula is C12H21N3O4S. The van der Waals surface area contributed by atoms with E-state index in [1.165, 1.54) is 4.31 Å². The largest absolute Gasteiger partial charge is 0.392 e. The number of likely N-dealkylation sites (N-methyl/N-ethyl adjacent to an activating group) is 1. The number of β-amino-alcohol motifs (C(OH)–C–C–N with tert-alkyl or cyclic N) is 1. The molecule has 0 bridgehead atoms. The van der Waals surface area contributed by atoms with Crippen LogP contribution < -0.4 is 0 Å². The fourth-order valence-electron chi connectivity index (χ4n) is 2.70. The highest BCUT2D eigenvalue weighted by atomic mass is 32.2. The van der Waals surface area contributed by atoms with Gasteiger partial charge in [-0.3, -0.25) is 0 Å². The van der Waals surface area contributed by atoms with Gasteiger partial charge in [-0.2, -0.15) is 4.31 Å². The topological polar surface area (TPSA) is 86.9 Å². The van der Waals surface area contributed by atoms with Crippen LogP contribution in [0.4, 0.5) is 0 Å². The average molecular weight is 303 g/mol. The Morgan fingerprint density at radius 3 is 2.60 bits per heavy atom. The molecule has 1 aliphatic heterocycles. The number of hydrogen-bond acceptors (Lipinski definition) is 6. The second kappa shape index (κ2) is 5.44. The molecule has 8 heteroatoms. The quantitative estimate of drug-likeness (QED) is 0.841. The number of aromatic nitrogens is 1. The van der Waals surface area contributed by atoms with Crippen LogP contribution in [0.1, 0.15) is 17.9 Å². The molecule has 1 N–H and O–H groups in total. The summed E-state index contributed by atoms with van der Waals surface area (Å²) in [7, 11) is 0.0667. The molecule has 0 spiro atoms. The lowest BCUT2D eigenvalue weighted by Gasteiger charge is -2.25. The zero-order valence-corrected chi connectivity index (χ0v) is 13.0. The summed E-state index contributed by atoms with van der Waals surface area (Å²) in [4.78, 5) is 2.04. The van der Waals surface area contributed by atoms with Crippen molar-refractivity contribution in [1.29, 1.82) is 0 Å². The molecule has 0 radical (unpaired) electrons.